The zero-order chi connectivity index (χ0) is 11.6. The maximum Gasteiger partial charge on any atom is 0.160 e. The van der Waals surface area contributed by atoms with Crippen molar-refractivity contribution in [2.45, 2.75) is 83.7 Å². The van der Waals surface area contributed by atoms with Crippen molar-refractivity contribution in [2.24, 2.45) is 0 Å². The molecule has 1 nitrogen and oxygen atoms in total. The highest BCUT2D eigenvalue weighted by molar-refractivity contribution is 7.80. The van der Waals surface area contributed by atoms with E-state index in [0.717, 1.165) is 11.5 Å². The highest BCUT2D eigenvalue weighted by atomic mass is 32.1. The van der Waals surface area contributed by atoms with Crippen LogP contribution in [0, 0.1) is 0 Å². The van der Waals surface area contributed by atoms with Crippen LogP contribution in [0.1, 0.15) is 77.6 Å². The third kappa shape index (κ3) is 7.21. The number of thiocarbonyl (C=S) groups is 1. The summed E-state index contributed by atoms with van der Waals surface area (Å²) in [4.78, 5) is 0. The summed E-state index contributed by atoms with van der Waals surface area (Å²) in [5.41, 5.74) is 0. The first-order chi connectivity index (χ1) is 7.79. The first-order valence-corrected chi connectivity index (χ1v) is 7.39. The van der Waals surface area contributed by atoms with Gasteiger partial charge in [-0.2, -0.15) is 0 Å². The molecule has 1 aliphatic heterocycles. The van der Waals surface area contributed by atoms with Crippen LogP contribution < -0.4 is 0 Å². The fourth-order valence-electron chi connectivity index (χ4n) is 2.28. The Hall–Kier alpha value is -0.110. The topological polar surface area (TPSA) is 9.23 Å². The minimum Gasteiger partial charge on any atom is -0.484 e. The number of rotatable bonds is 0. The average molecular weight is 242 g/mol. The Morgan fingerprint density at radius 1 is 0.875 bits per heavy atom. The lowest BCUT2D eigenvalue weighted by atomic mass is 10.0. The summed E-state index contributed by atoms with van der Waals surface area (Å²) in [7, 11) is 0. The molecule has 0 saturated carbocycles. The van der Waals surface area contributed by atoms with Gasteiger partial charge in [-0.25, -0.2) is 0 Å². The SMILES string of the molecule is CC1CCCCCCCCCCCC(=S)O1. The van der Waals surface area contributed by atoms with Gasteiger partial charge in [0.25, 0.3) is 0 Å². The van der Waals surface area contributed by atoms with Gasteiger partial charge in [0.1, 0.15) is 0 Å². The van der Waals surface area contributed by atoms with Gasteiger partial charge in [-0.3, -0.25) is 0 Å². The number of ether oxygens (including phenoxy) is 1. The van der Waals surface area contributed by atoms with Crippen molar-refractivity contribution in [2.75, 3.05) is 0 Å². The molecule has 0 aliphatic carbocycles. The summed E-state index contributed by atoms with van der Waals surface area (Å²) >= 11 is 5.25. The van der Waals surface area contributed by atoms with E-state index in [-0.39, 0.29) is 0 Å². The molecule has 1 heterocycles. The normalized spacial score (nSPS) is 26.8. The molecule has 0 radical (unpaired) electrons. The highest BCUT2D eigenvalue weighted by Crippen LogP contribution is 2.15. The van der Waals surface area contributed by atoms with Crippen molar-refractivity contribution < 1.29 is 4.74 Å². The summed E-state index contributed by atoms with van der Waals surface area (Å²) in [5.74, 6) is 0. The van der Waals surface area contributed by atoms with Gasteiger partial charge in [0.2, 0.25) is 0 Å². The van der Waals surface area contributed by atoms with Crippen LogP contribution >= 0.6 is 12.2 Å². The van der Waals surface area contributed by atoms with E-state index in [1.54, 1.807) is 0 Å². The first-order valence-electron chi connectivity index (χ1n) is 6.98. The van der Waals surface area contributed by atoms with Crippen LogP contribution in [-0.4, -0.2) is 11.2 Å². The fraction of sp³-hybridized carbons (Fsp3) is 0.929. The Labute approximate surface area is 106 Å². The molecule has 16 heavy (non-hydrogen) atoms. The lowest BCUT2D eigenvalue weighted by Crippen LogP contribution is -2.13. The minimum absolute atomic E-state index is 0.329. The van der Waals surface area contributed by atoms with Crippen molar-refractivity contribution in [3.05, 3.63) is 0 Å². The molecule has 1 aliphatic rings. The van der Waals surface area contributed by atoms with Crippen molar-refractivity contribution in [3.63, 3.8) is 0 Å². The van der Waals surface area contributed by atoms with E-state index < -0.39 is 0 Å². The second kappa shape index (κ2) is 8.98. The van der Waals surface area contributed by atoms with Crippen LogP contribution in [0.5, 0.6) is 0 Å². The standard InChI is InChI=1S/C14H26OS/c1-13-11-9-7-5-3-2-4-6-8-10-12-14(16)15-13/h13H,2-12H2,1H3. The highest BCUT2D eigenvalue weighted by Gasteiger charge is 2.06. The Morgan fingerprint density at radius 3 is 2.00 bits per heavy atom. The van der Waals surface area contributed by atoms with Crippen LogP contribution in [0.4, 0.5) is 0 Å². The molecule has 0 spiro atoms. The molecule has 0 aromatic carbocycles. The van der Waals surface area contributed by atoms with Gasteiger partial charge in [-0.1, -0.05) is 44.9 Å². The molecule has 1 rings (SSSR count). The molecule has 1 atom stereocenters. The minimum atomic E-state index is 0.329. The molecule has 94 valence electrons. The second-order valence-corrected chi connectivity index (χ2v) is 5.48. The van der Waals surface area contributed by atoms with Gasteiger partial charge in [0.05, 0.1) is 6.10 Å². The van der Waals surface area contributed by atoms with Crippen LogP contribution in [0.15, 0.2) is 0 Å². The molecule has 1 unspecified atom stereocenters. The lowest BCUT2D eigenvalue weighted by Gasteiger charge is -2.15. The van der Waals surface area contributed by atoms with E-state index in [2.05, 4.69) is 6.92 Å². The molecule has 1 fully saturated rings. The Balaban J connectivity index is 2.23. The van der Waals surface area contributed by atoms with E-state index in [1.807, 2.05) is 0 Å². The smallest absolute Gasteiger partial charge is 0.160 e. The zero-order valence-electron chi connectivity index (χ0n) is 10.7. The zero-order valence-corrected chi connectivity index (χ0v) is 11.5. The Morgan fingerprint density at radius 2 is 1.38 bits per heavy atom. The quantitative estimate of drug-likeness (QED) is 0.551. The van der Waals surface area contributed by atoms with Gasteiger partial charge in [0.15, 0.2) is 5.05 Å². The summed E-state index contributed by atoms with van der Waals surface area (Å²) < 4.78 is 5.73. The van der Waals surface area contributed by atoms with Crippen LogP contribution in [0.2, 0.25) is 0 Å². The molecule has 1 saturated heterocycles. The lowest BCUT2D eigenvalue weighted by molar-refractivity contribution is 0.192. The fourth-order valence-corrected chi connectivity index (χ4v) is 2.59. The van der Waals surface area contributed by atoms with Gasteiger partial charge >= 0.3 is 0 Å². The average Bonchev–Trinajstić information content (AvgIpc) is 2.25. The van der Waals surface area contributed by atoms with E-state index >= 15 is 0 Å². The van der Waals surface area contributed by atoms with Gasteiger partial charge in [-0.15, -0.1) is 0 Å². The first kappa shape index (κ1) is 14.0. The van der Waals surface area contributed by atoms with E-state index in [0.29, 0.717) is 6.10 Å². The van der Waals surface area contributed by atoms with Crippen LogP contribution in [0.3, 0.4) is 0 Å². The number of hydrogen-bond donors (Lipinski definition) is 0. The third-order valence-corrected chi connectivity index (χ3v) is 3.62. The van der Waals surface area contributed by atoms with Crippen molar-refractivity contribution in [1.29, 1.82) is 0 Å². The summed E-state index contributed by atoms with van der Waals surface area (Å²) in [5, 5.41) is 0.838. The van der Waals surface area contributed by atoms with Crippen LogP contribution in [0.25, 0.3) is 0 Å². The predicted octanol–water partition coefficient (Wildman–Crippen LogP) is 5.02. The van der Waals surface area contributed by atoms with E-state index in [1.165, 1.54) is 64.2 Å². The largest absolute Gasteiger partial charge is 0.484 e. The van der Waals surface area contributed by atoms with E-state index in [4.69, 9.17) is 17.0 Å². The monoisotopic (exact) mass is 242 g/mol. The van der Waals surface area contributed by atoms with Gasteiger partial charge in [-0.05, 0) is 38.4 Å². The van der Waals surface area contributed by atoms with Crippen molar-refractivity contribution in [3.8, 4) is 0 Å². The summed E-state index contributed by atoms with van der Waals surface area (Å²) in [6, 6.07) is 0. The molecule has 0 amide bonds. The molecular weight excluding hydrogens is 216 g/mol. The van der Waals surface area contributed by atoms with Crippen LogP contribution in [-0.2, 0) is 4.74 Å². The van der Waals surface area contributed by atoms with Gasteiger partial charge in [0, 0.05) is 6.42 Å². The molecule has 0 aromatic heterocycles. The molecule has 0 N–H and O–H groups in total. The van der Waals surface area contributed by atoms with E-state index in [9.17, 15) is 0 Å². The third-order valence-electron chi connectivity index (χ3n) is 3.32. The molecular formula is C14H26OS. The maximum atomic E-state index is 5.73. The number of hydrogen-bond acceptors (Lipinski definition) is 2. The predicted molar refractivity (Wildman–Crippen MR) is 73.9 cm³/mol. The van der Waals surface area contributed by atoms with Crippen molar-refractivity contribution in [1.82, 2.24) is 0 Å². The molecule has 0 bridgehead atoms. The van der Waals surface area contributed by atoms with Gasteiger partial charge < -0.3 is 4.74 Å². The Kier molecular flexibility index (Phi) is 7.83. The molecule has 0 aromatic rings. The van der Waals surface area contributed by atoms with Crippen molar-refractivity contribution >= 4 is 17.3 Å². The maximum absolute atomic E-state index is 5.73. The second-order valence-electron chi connectivity index (χ2n) is 5.02. The summed E-state index contributed by atoms with van der Waals surface area (Å²) in [6.07, 6.45) is 14.7. The molecule has 2 heteroatoms. The summed E-state index contributed by atoms with van der Waals surface area (Å²) in [6.45, 7) is 2.15. The Bertz CT molecular complexity index is 191.